The Morgan fingerprint density at radius 1 is 1.17 bits per heavy atom. The number of benzene rings is 2. The molecule has 30 heavy (non-hydrogen) atoms. The number of aromatic nitrogens is 1. The molecule has 1 amide bonds. The quantitative estimate of drug-likeness (QED) is 0.531. The predicted octanol–water partition coefficient (Wildman–Crippen LogP) is 3.88. The van der Waals surface area contributed by atoms with E-state index in [-0.39, 0.29) is 23.7 Å². The first-order valence-electron chi connectivity index (χ1n) is 9.49. The number of pyridine rings is 1. The van der Waals surface area contributed by atoms with Crippen molar-refractivity contribution in [1.82, 2.24) is 4.57 Å². The molecule has 0 bridgehead atoms. The van der Waals surface area contributed by atoms with E-state index in [1.807, 2.05) is 30.5 Å². The van der Waals surface area contributed by atoms with Gasteiger partial charge in [0.2, 0.25) is 5.91 Å². The van der Waals surface area contributed by atoms with Crippen molar-refractivity contribution in [2.24, 2.45) is 4.99 Å². The maximum Gasteiger partial charge on any atom is 0.274 e. The van der Waals surface area contributed by atoms with E-state index < -0.39 is 0 Å². The van der Waals surface area contributed by atoms with E-state index in [0.717, 1.165) is 21.6 Å². The van der Waals surface area contributed by atoms with E-state index in [1.165, 1.54) is 20.7 Å². The van der Waals surface area contributed by atoms with Gasteiger partial charge in [-0.2, -0.15) is 0 Å². The molecule has 0 atom stereocenters. The highest BCUT2D eigenvalue weighted by Gasteiger charge is 2.17. The Morgan fingerprint density at radius 2 is 2.03 bits per heavy atom. The fourth-order valence-corrected chi connectivity index (χ4v) is 4.77. The molecule has 0 radical (unpaired) electrons. The second-order valence-corrected chi connectivity index (χ2v) is 8.24. The maximum absolute atomic E-state index is 12.6. The van der Waals surface area contributed by atoms with Crippen LogP contribution in [-0.2, 0) is 17.9 Å². The number of hydrogen-bond acceptors (Lipinski definition) is 5. The molecule has 7 heteroatoms. The Morgan fingerprint density at radius 3 is 2.90 bits per heavy atom. The normalized spacial score (nSPS) is 12.3. The van der Waals surface area contributed by atoms with Crippen LogP contribution in [0.2, 0.25) is 0 Å². The van der Waals surface area contributed by atoms with Crippen LogP contribution < -0.4 is 16.6 Å². The van der Waals surface area contributed by atoms with Gasteiger partial charge in [0.1, 0.15) is 6.54 Å². The summed E-state index contributed by atoms with van der Waals surface area (Å²) in [5.41, 5.74) is 9.30. The summed E-state index contributed by atoms with van der Waals surface area (Å²) in [5, 5.41) is 4.11. The van der Waals surface area contributed by atoms with E-state index in [4.69, 9.17) is 5.73 Å². The summed E-state index contributed by atoms with van der Waals surface area (Å²) in [6, 6.07) is 17.5. The fraction of sp³-hybridized carbons (Fsp3) is 0.0870. The highest BCUT2D eigenvalue weighted by Crippen LogP contribution is 2.39. The van der Waals surface area contributed by atoms with Crippen LogP contribution in [0.5, 0.6) is 0 Å². The van der Waals surface area contributed by atoms with Gasteiger partial charge in [-0.3, -0.25) is 14.6 Å². The largest absolute Gasteiger partial charge is 0.394 e. The van der Waals surface area contributed by atoms with Crippen molar-refractivity contribution in [3.05, 3.63) is 82.3 Å². The lowest BCUT2D eigenvalue weighted by atomic mass is 10.0. The molecule has 4 aromatic rings. The van der Waals surface area contributed by atoms with E-state index in [1.54, 1.807) is 23.6 Å². The van der Waals surface area contributed by atoms with Gasteiger partial charge in [-0.1, -0.05) is 18.2 Å². The van der Waals surface area contributed by atoms with E-state index >= 15 is 0 Å². The summed E-state index contributed by atoms with van der Waals surface area (Å²) in [7, 11) is 0. The third-order valence-corrected chi connectivity index (χ3v) is 6.25. The molecule has 0 spiro atoms. The second-order valence-electron chi connectivity index (χ2n) is 7.15. The number of amides is 1. The van der Waals surface area contributed by atoms with Gasteiger partial charge in [-0.15, -0.1) is 11.3 Å². The van der Waals surface area contributed by atoms with Crippen LogP contribution in [0.25, 0.3) is 20.5 Å². The lowest BCUT2D eigenvalue weighted by Crippen LogP contribution is -2.28. The van der Waals surface area contributed by atoms with Gasteiger partial charge >= 0.3 is 0 Å². The number of nitrogen functional groups attached to an aromatic ring is 1. The molecular formula is C23H18N4O2S. The van der Waals surface area contributed by atoms with Crippen LogP contribution in [0.4, 0.5) is 11.4 Å². The Kier molecular flexibility index (Phi) is 4.44. The summed E-state index contributed by atoms with van der Waals surface area (Å²) in [6.07, 6.45) is 3.39. The minimum absolute atomic E-state index is 0.104. The number of thiophene rings is 1. The monoisotopic (exact) mass is 414 g/mol. The van der Waals surface area contributed by atoms with Gasteiger partial charge in [0.15, 0.2) is 0 Å². The third-order valence-electron chi connectivity index (χ3n) is 5.10. The Hall–Kier alpha value is -3.71. The van der Waals surface area contributed by atoms with Gasteiger partial charge in [-0.25, -0.2) is 0 Å². The predicted molar refractivity (Wildman–Crippen MR) is 122 cm³/mol. The van der Waals surface area contributed by atoms with Crippen LogP contribution in [0.1, 0.15) is 11.1 Å². The van der Waals surface area contributed by atoms with Gasteiger partial charge in [0.25, 0.3) is 5.56 Å². The molecule has 2 aromatic heterocycles. The highest BCUT2D eigenvalue weighted by molar-refractivity contribution is 7.22. The highest BCUT2D eigenvalue weighted by atomic mass is 32.1. The molecular weight excluding hydrogens is 396 g/mol. The van der Waals surface area contributed by atoms with Crippen LogP contribution in [-0.4, -0.2) is 16.7 Å². The number of nitrogens with two attached hydrogens (primary N) is 1. The molecule has 2 aromatic carbocycles. The van der Waals surface area contributed by atoms with Gasteiger partial charge in [-0.05, 0) is 52.9 Å². The smallest absolute Gasteiger partial charge is 0.274 e. The first kappa shape index (κ1) is 18.3. The molecule has 0 aliphatic carbocycles. The standard InChI is InChI=1S/C23H18N4O2S/c24-19-5-3-7-27(23(19)29)13-22(28)26-16-8-15-11-25-12-18(15)17(10-16)21-9-14-4-1-2-6-20(14)30-21/h1-11H,12-13,24H2,(H,26,28). The van der Waals surface area contributed by atoms with E-state index in [0.29, 0.717) is 12.2 Å². The number of nitrogens with one attached hydrogen (secondary N) is 1. The minimum atomic E-state index is -0.375. The minimum Gasteiger partial charge on any atom is -0.394 e. The lowest BCUT2D eigenvalue weighted by Gasteiger charge is -2.12. The zero-order valence-corrected chi connectivity index (χ0v) is 16.8. The molecule has 1 aliphatic heterocycles. The van der Waals surface area contributed by atoms with Gasteiger partial charge < -0.3 is 15.6 Å². The second kappa shape index (κ2) is 7.27. The average Bonchev–Trinajstić information content (AvgIpc) is 3.37. The van der Waals surface area contributed by atoms with Crippen LogP contribution in [0, 0.1) is 0 Å². The number of anilines is 2. The number of aliphatic imine (C=N–C) groups is 1. The van der Waals surface area contributed by atoms with Crippen molar-refractivity contribution in [3.8, 4) is 10.4 Å². The SMILES string of the molecule is Nc1cccn(CC(=O)Nc2cc3c(c(-c4cc5ccccc5s4)c2)CN=C3)c1=O. The number of rotatable bonds is 4. The van der Waals surface area contributed by atoms with Crippen molar-refractivity contribution in [3.63, 3.8) is 0 Å². The molecule has 0 saturated heterocycles. The summed E-state index contributed by atoms with van der Waals surface area (Å²) in [5.74, 6) is -0.292. The lowest BCUT2D eigenvalue weighted by molar-refractivity contribution is -0.116. The first-order chi connectivity index (χ1) is 14.6. The van der Waals surface area contributed by atoms with Crippen LogP contribution in [0.15, 0.2) is 70.6 Å². The molecule has 0 fully saturated rings. The number of fused-ring (bicyclic) bond motifs is 2. The fourth-order valence-electron chi connectivity index (χ4n) is 3.66. The Bertz CT molecular complexity index is 1350. The summed E-state index contributed by atoms with van der Waals surface area (Å²) < 4.78 is 2.52. The van der Waals surface area contributed by atoms with Crippen molar-refractivity contribution in [2.75, 3.05) is 11.1 Å². The molecule has 0 unspecified atom stereocenters. The number of carbonyl (C=O) groups is 1. The van der Waals surface area contributed by atoms with Crippen molar-refractivity contribution >= 4 is 44.9 Å². The topological polar surface area (TPSA) is 89.5 Å². The van der Waals surface area contributed by atoms with Crippen LogP contribution in [0.3, 0.4) is 0 Å². The summed E-state index contributed by atoms with van der Waals surface area (Å²) >= 11 is 1.72. The van der Waals surface area contributed by atoms with Gasteiger partial charge in [0, 0.05) is 33.2 Å². The number of hydrogen-bond donors (Lipinski definition) is 2. The van der Waals surface area contributed by atoms with E-state index in [2.05, 4.69) is 28.5 Å². The number of nitrogens with zero attached hydrogens (tertiary/aromatic N) is 2. The third kappa shape index (κ3) is 3.29. The van der Waals surface area contributed by atoms with E-state index in [9.17, 15) is 9.59 Å². The molecule has 148 valence electrons. The maximum atomic E-state index is 12.6. The summed E-state index contributed by atoms with van der Waals surface area (Å²) in [4.78, 5) is 30.2. The van der Waals surface area contributed by atoms with Crippen LogP contribution >= 0.6 is 11.3 Å². The number of carbonyl (C=O) groups excluding carboxylic acids is 1. The van der Waals surface area contributed by atoms with Crippen molar-refractivity contribution in [2.45, 2.75) is 13.1 Å². The van der Waals surface area contributed by atoms with Gasteiger partial charge in [0.05, 0.1) is 12.2 Å². The zero-order valence-electron chi connectivity index (χ0n) is 16.0. The molecule has 3 heterocycles. The Labute approximate surface area is 176 Å². The molecule has 6 nitrogen and oxygen atoms in total. The Balaban J connectivity index is 1.48. The summed E-state index contributed by atoms with van der Waals surface area (Å²) in [6.45, 7) is 0.527. The zero-order chi connectivity index (χ0) is 20.7. The van der Waals surface area contributed by atoms with Crippen molar-refractivity contribution in [1.29, 1.82) is 0 Å². The molecule has 1 aliphatic rings. The molecule has 3 N–H and O–H groups in total. The molecule has 5 rings (SSSR count). The molecule has 0 saturated carbocycles. The average molecular weight is 414 g/mol. The first-order valence-corrected chi connectivity index (χ1v) is 10.3. The van der Waals surface area contributed by atoms with Crippen molar-refractivity contribution < 1.29 is 4.79 Å².